The average Bonchev–Trinajstić information content (AvgIpc) is 3.20. The highest BCUT2D eigenvalue weighted by atomic mass is 16.5. The van der Waals surface area contributed by atoms with Gasteiger partial charge in [0.15, 0.2) is 0 Å². The molecule has 4 nitrogen and oxygen atoms in total. The first-order valence-electron chi connectivity index (χ1n) is 11.7. The monoisotopic (exact) mass is 448 g/mol. The van der Waals surface area contributed by atoms with Gasteiger partial charge in [0.05, 0.1) is 24.2 Å². The summed E-state index contributed by atoms with van der Waals surface area (Å²) in [5.41, 5.74) is 5.86. The number of para-hydroxylation sites is 2. The molecule has 0 saturated carbocycles. The molecule has 0 spiro atoms. The van der Waals surface area contributed by atoms with Gasteiger partial charge in [0.2, 0.25) is 0 Å². The zero-order chi connectivity index (χ0) is 23.3. The molecule has 0 fully saturated rings. The highest BCUT2D eigenvalue weighted by Gasteiger charge is 2.14. The minimum absolute atomic E-state index is 0.194. The van der Waals surface area contributed by atoms with Crippen molar-refractivity contribution < 1.29 is 9.53 Å². The zero-order valence-electron chi connectivity index (χ0n) is 19.4. The number of nitrogens with zero attached hydrogens (tertiary/aromatic N) is 2. The molecule has 5 aromatic rings. The maximum Gasteiger partial charge on any atom is 0.320 e. The van der Waals surface area contributed by atoms with Gasteiger partial charge in [-0.3, -0.25) is 9.69 Å². The number of benzene rings is 4. The summed E-state index contributed by atoms with van der Waals surface area (Å²) in [7, 11) is 0. The molecule has 4 aromatic carbocycles. The molecule has 0 atom stereocenters. The largest absolute Gasteiger partial charge is 0.465 e. The summed E-state index contributed by atoms with van der Waals surface area (Å²) in [6.07, 6.45) is 0. The van der Waals surface area contributed by atoms with Crippen molar-refractivity contribution in [2.24, 2.45) is 0 Å². The Bertz CT molecular complexity index is 1350. The lowest BCUT2D eigenvalue weighted by Crippen LogP contribution is -2.30. The minimum atomic E-state index is -0.194. The molecular formula is C30H28N2O2. The molecule has 0 bridgehead atoms. The van der Waals surface area contributed by atoms with Crippen LogP contribution in [0.3, 0.4) is 0 Å². The van der Waals surface area contributed by atoms with E-state index in [1.54, 1.807) is 0 Å². The maximum atomic E-state index is 12.2. The Balaban J connectivity index is 1.43. The smallest absolute Gasteiger partial charge is 0.320 e. The number of carbonyl (C=O) groups is 1. The van der Waals surface area contributed by atoms with Crippen LogP contribution in [0.25, 0.3) is 27.5 Å². The lowest BCUT2D eigenvalue weighted by Gasteiger charge is -2.22. The fourth-order valence-corrected chi connectivity index (χ4v) is 4.61. The van der Waals surface area contributed by atoms with Gasteiger partial charge in [-0.05, 0) is 42.3 Å². The number of rotatable bonds is 8. The molecule has 0 saturated heterocycles. The average molecular weight is 449 g/mol. The first-order chi connectivity index (χ1) is 16.7. The van der Waals surface area contributed by atoms with Crippen molar-refractivity contribution in [2.45, 2.75) is 20.0 Å². The molecule has 34 heavy (non-hydrogen) atoms. The molecule has 0 N–H and O–H groups in total. The second-order valence-corrected chi connectivity index (χ2v) is 8.47. The standard InChI is InChI=1S/C30H28N2O2/c1-2-34-30(33)22-31(20-23-10-4-3-5-11-23)21-24-16-18-25(19-17-24)32-28-14-8-6-12-26(28)27-13-7-9-15-29(27)32/h3-19H,2,20-22H2,1H3. The van der Waals surface area contributed by atoms with Gasteiger partial charge in [-0.2, -0.15) is 0 Å². The van der Waals surface area contributed by atoms with E-state index >= 15 is 0 Å². The Morgan fingerprint density at radius 3 is 1.82 bits per heavy atom. The third-order valence-corrected chi connectivity index (χ3v) is 6.09. The summed E-state index contributed by atoms with van der Waals surface area (Å²) in [6, 6.07) is 35.9. The van der Waals surface area contributed by atoms with Crippen LogP contribution in [0.15, 0.2) is 103 Å². The molecule has 0 radical (unpaired) electrons. The summed E-state index contributed by atoms with van der Waals surface area (Å²) < 4.78 is 7.53. The van der Waals surface area contributed by atoms with E-state index in [-0.39, 0.29) is 12.5 Å². The molecule has 1 aromatic heterocycles. The number of aromatic nitrogens is 1. The van der Waals surface area contributed by atoms with Crippen LogP contribution in [0.1, 0.15) is 18.1 Å². The Morgan fingerprint density at radius 1 is 0.706 bits per heavy atom. The molecule has 170 valence electrons. The first-order valence-corrected chi connectivity index (χ1v) is 11.7. The number of carbonyl (C=O) groups excluding carboxylic acids is 1. The van der Waals surface area contributed by atoms with Crippen LogP contribution in [0.2, 0.25) is 0 Å². The normalized spacial score (nSPS) is 11.4. The van der Waals surface area contributed by atoms with E-state index in [1.165, 1.54) is 27.4 Å². The van der Waals surface area contributed by atoms with E-state index in [4.69, 9.17) is 4.74 Å². The van der Waals surface area contributed by atoms with E-state index in [0.717, 1.165) is 11.3 Å². The fraction of sp³-hybridized carbons (Fsp3) is 0.167. The Morgan fingerprint density at radius 2 is 1.24 bits per heavy atom. The number of hydrogen-bond acceptors (Lipinski definition) is 3. The molecule has 0 aliphatic heterocycles. The second-order valence-electron chi connectivity index (χ2n) is 8.47. The van der Waals surface area contributed by atoms with Crippen molar-refractivity contribution in [1.82, 2.24) is 9.47 Å². The quantitative estimate of drug-likeness (QED) is 0.260. The lowest BCUT2D eigenvalue weighted by atomic mass is 10.1. The van der Waals surface area contributed by atoms with Gasteiger partial charge in [-0.1, -0.05) is 78.9 Å². The molecule has 0 unspecified atom stereocenters. The highest BCUT2D eigenvalue weighted by molar-refractivity contribution is 6.09. The van der Waals surface area contributed by atoms with Crippen molar-refractivity contribution >= 4 is 27.8 Å². The van der Waals surface area contributed by atoms with Crippen LogP contribution in [0.4, 0.5) is 0 Å². The summed E-state index contributed by atoms with van der Waals surface area (Å²) in [6.45, 7) is 3.85. The van der Waals surface area contributed by atoms with Gasteiger partial charge >= 0.3 is 5.97 Å². The third-order valence-electron chi connectivity index (χ3n) is 6.09. The van der Waals surface area contributed by atoms with Crippen LogP contribution in [0, 0.1) is 0 Å². The van der Waals surface area contributed by atoms with Crippen LogP contribution in [-0.2, 0) is 22.6 Å². The number of hydrogen-bond donors (Lipinski definition) is 0. The molecule has 0 aliphatic carbocycles. The number of ether oxygens (including phenoxy) is 1. The zero-order valence-corrected chi connectivity index (χ0v) is 19.4. The predicted octanol–water partition coefficient (Wildman–Crippen LogP) is 6.35. The van der Waals surface area contributed by atoms with Crippen molar-refractivity contribution in [2.75, 3.05) is 13.2 Å². The number of esters is 1. The van der Waals surface area contributed by atoms with E-state index in [0.29, 0.717) is 19.7 Å². The van der Waals surface area contributed by atoms with Gasteiger partial charge < -0.3 is 9.30 Å². The van der Waals surface area contributed by atoms with Gasteiger partial charge in [0, 0.05) is 29.5 Å². The van der Waals surface area contributed by atoms with E-state index in [9.17, 15) is 4.79 Å². The summed E-state index contributed by atoms with van der Waals surface area (Å²) >= 11 is 0. The molecular weight excluding hydrogens is 420 g/mol. The van der Waals surface area contributed by atoms with Crippen molar-refractivity contribution in [3.8, 4) is 5.69 Å². The van der Waals surface area contributed by atoms with Crippen LogP contribution in [-0.4, -0.2) is 28.6 Å². The molecule has 4 heteroatoms. The topological polar surface area (TPSA) is 34.5 Å². The fourth-order valence-electron chi connectivity index (χ4n) is 4.61. The molecule has 1 heterocycles. The van der Waals surface area contributed by atoms with E-state index in [2.05, 4.69) is 94.4 Å². The third kappa shape index (κ3) is 4.59. The first kappa shape index (κ1) is 21.9. The van der Waals surface area contributed by atoms with E-state index < -0.39 is 0 Å². The SMILES string of the molecule is CCOC(=O)CN(Cc1ccccc1)Cc1ccc(-n2c3ccccc3c3ccccc32)cc1. The van der Waals surface area contributed by atoms with Crippen molar-refractivity contribution in [1.29, 1.82) is 0 Å². The Kier molecular flexibility index (Phi) is 6.41. The number of fused-ring (bicyclic) bond motifs is 3. The van der Waals surface area contributed by atoms with Crippen LogP contribution >= 0.6 is 0 Å². The Labute approximate surface area is 200 Å². The maximum absolute atomic E-state index is 12.2. The Hall–Kier alpha value is -3.89. The molecule has 0 amide bonds. The van der Waals surface area contributed by atoms with Crippen molar-refractivity contribution in [3.05, 3.63) is 114 Å². The summed E-state index contributed by atoms with van der Waals surface area (Å²) in [5, 5.41) is 2.51. The van der Waals surface area contributed by atoms with Crippen molar-refractivity contribution in [3.63, 3.8) is 0 Å². The lowest BCUT2D eigenvalue weighted by molar-refractivity contribution is -0.144. The van der Waals surface area contributed by atoms with Crippen LogP contribution in [0.5, 0.6) is 0 Å². The predicted molar refractivity (Wildman–Crippen MR) is 138 cm³/mol. The summed E-state index contributed by atoms with van der Waals surface area (Å²) in [4.78, 5) is 14.4. The van der Waals surface area contributed by atoms with Gasteiger partial charge in [-0.15, -0.1) is 0 Å². The van der Waals surface area contributed by atoms with Crippen LogP contribution < -0.4 is 0 Å². The van der Waals surface area contributed by atoms with Gasteiger partial charge in [0.1, 0.15) is 0 Å². The minimum Gasteiger partial charge on any atom is -0.465 e. The van der Waals surface area contributed by atoms with Gasteiger partial charge in [0.25, 0.3) is 0 Å². The van der Waals surface area contributed by atoms with E-state index in [1.807, 2.05) is 25.1 Å². The summed E-state index contributed by atoms with van der Waals surface area (Å²) in [5.74, 6) is -0.194. The second kappa shape index (κ2) is 9.94. The molecule has 0 aliphatic rings. The highest BCUT2D eigenvalue weighted by Crippen LogP contribution is 2.31. The molecule has 5 rings (SSSR count). The van der Waals surface area contributed by atoms with Gasteiger partial charge in [-0.25, -0.2) is 0 Å².